The molecule has 12 N–H and O–H groups in total. The molecule has 0 aliphatic carbocycles. The van der Waals surface area contributed by atoms with Gasteiger partial charge in [0.15, 0.2) is 0 Å². The second kappa shape index (κ2) is 156. The van der Waals surface area contributed by atoms with Crippen LogP contribution < -0.4 is 24.8 Å². The molecule has 0 amide bonds. The Hall–Kier alpha value is 3.08. The summed E-state index contributed by atoms with van der Waals surface area (Å²) in [6, 6.07) is 0. The first-order valence-corrected chi connectivity index (χ1v) is 0. The van der Waals surface area contributed by atoms with Crippen LogP contribution in [0.15, 0.2) is 0 Å². The molecule has 0 rings (SSSR count). The molecule has 0 saturated carbocycles. The number of halogens is 2. The van der Waals surface area contributed by atoms with E-state index >= 15 is 0 Å². The maximum Gasteiger partial charge on any atom is 2.00 e. The molecule has 0 bridgehead atoms. The van der Waals surface area contributed by atoms with Gasteiger partial charge in [-0.15, -0.1) is 0 Å². The predicted octanol–water partition coefficient (Wildman–Crippen LogP) is -11.5. The Morgan fingerprint density at radius 2 is 0.500 bits per heavy atom. The van der Waals surface area contributed by atoms with Gasteiger partial charge in [0.1, 0.15) is 0 Å². The van der Waals surface area contributed by atoms with Crippen molar-refractivity contribution >= 4 is 83.2 Å². The van der Waals surface area contributed by atoms with E-state index in [9.17, 15) is 0 Å². The Balaban J connectivity index is 0. The van der Waals surface area contributed by atoms with Crippen LogP contribution in [0.4, 0.5) is 0 Å². The van der Waals surface area contributed by atoms with Crippen molar-refractivity contribution < 1.29 is 60.5 Å². The Kier molecular flexibility index (Phi) is 3140. The van der Waals surface area contributed by atoms with Gasteiger partial charge in [-0.05, 0) is 0 Å². The van der Waals surface area contributed by atoms with Crippen LogP contribution in [0, 0.1) is 0 Å². The molecule has 0 aromatic heterocycles. The third-order valence-electron chi connectivity index (χ3n) is 0. The van der Waals surface area contributed by atoms with Crippen molar-refractivity contribution in [2.24, 2.45) is 0 Å². The first-order valence-electron chi connectivity index (χ1n) is 0. The standard InChI is InChI=1S/Ca.2ClH.6H2O.Sr.2H/h;2*1H;6*1H2;;;/q+2;;;;;;;;;+2;2*-1/p-2. The summed E-state index contributed by atoms with van der Waals surface area (Å²) in [6.45, 7) is 0. The number of rotatable bonds is 0. The summed E-state index contributed by atoms with van der Waals surface area (Å²) in [5, 5.41) is 0. The summed E-state index contributed by atoms with van der Waals surface area (Å²) in [6.07, 6.45) is 0. The van der Waals surface area contributed by atoms with E-state index in [4.69, 9.17) is 0 Å². The molecule has 6 nitrogen and oxygen atoms in total. The average Bonchev–Trinajstić information content (AvgIpc) is 0. The van der Waals surface area contributed by atoms with E-state index in [1.807, 2.05) is 0 Å². The Labute approximate surface area is 141 Å². The molecular weight excluding hydrogens is 295 g/mol. The van der Waals surface area contributed by atoms with E-state index in [1.54, 1.807) is 0 Å². The van der Waals surface area contributed by atoms with E-state index < -0.39 is 0 Å². The third-order valence-corrected chi connectivity index (χ3v) is 0. The monoisotopic (exact) mass is 308 g/mol. The van der Waals surface area contributed by atoms with Crippen molar-refractivity contribution in [1.29, 1.82) is 0 Å². The number of hydrogen-bond acceptors (Lipinski definition) is 0. The van der Waals surface area contributed by atoms with Crippen molar-refractivity contribution in [2.75, 3.05) is 0 Å². The largest absolute Gasteiger partial charge is 2.00 e. The molecule has 10 heavy (non-hydrogen) atoms. The van der Waals surface area contributed by atoms with Crippen molar-refractivity contribution in [1.82, 2.24) is 0 Å². The van der Waals surface area contributed by atoms with Gasteiger partial charge in [0.25, 0.3) is 0 Å². The summed E-state index contributed by atoms with van der Waals surface area (Å²) >= 11 is 0. The maximum atomic E-state index is 0. The minimum Gasteiger partial charge on any atom is -1.00 e. The molecule has 0 aliphatic heterocycles. The minimum atomic E-state index is 0. The Bertz CT molecular complexity index is 23.5. The smallest absolute Gasteiger partial charge is 1.00 e. The van der Waals surface area contributed by atoms with Crippen molar-refractivity contribution in [2.45, 2.75) is 0 Å². The molecule has 68 valence electrons. The molecule has 0 heterocycles. The molecular formula is H14CaCl2O6Sr. The first-order chi connectivity index (χ1) is 0. The van der Waals surface area contributed by atoms with Crippen molar-refractivity contribution in [3.05, 3.63) is 0 Å². The molecule has 0 saturated heterocycles. The summed E-state index contributed by atoms with van der Waals surface area (Å²) in [5.41, 5.74) is 0. The zero-order valence-electron chi connectivity index (χ0n) is 7.17. The zero-order chi connectivity index (χ0) is 0. The van der Waals surface area contributed by atoms with E-state index in [0.29, 0.717) is 0 Å². The fourth-order valence-corrected chi connectivity index (χ4v) is 0. The molecule has 0 atom stereocenters. The summed E-state index contributed by atoms with van der Waals surface area (Å²) in [4.78, 5) is 0. The fourth-order valence-electron chi connectivity index (χ4n) is 0. The maximum absolute atomic E-state index is 0. The second-order valence-corrected chi connectivity index (χ2v) is 0. The van der Waals surface area contributed by atoms with Crippen LogP contribution in [0.3, 0.4) is 0 Å². The quantitative estimate of drug-likeness (QED) is 0.384. The van der Waals surface area contributed by atoms with Gasteiger partial charge in [-0.3, -0.25) is 0 Å². The second-order valence-electron chi connectivity index (χ2n) is 0. The number of hydrogen-bond donors (Lipinski definition) is 0. The predicted molar refractivity (Wildman–Crippen MR) is 35.4 cm³/mol. The molecule has 0 aromatic rings. The van der Waals surface area contributed by atoms with Crippen molar-refractivity contribution in [3.8, 4) is 0 Å². The van der Waals surface area contributed by atoms with Crippen LogP contribution in [0.25, 0.3) is 0 Å². The van der Waals surface area contributed by atoms with Crippen LogP contribution in [0.2, 0.25) is 0 Å². The van der Waals surface area contributed by atoms with E-state index in [0.717, 1.165) is 0 Å². The normalized spacial score (nSPS) is 0. The minimum absolute atomic E-state index is 0. The van der Waals surface area contributed by atoms with Gasteiger partial charge < -0.3 is 60.5 Å². The van der Waals surface area contributed by atoms with Gasteiger partial charge in [-0.25, -0.2) is 0 Å². The molecule has 0 fully saturated rings. The van der Waals surface area contributed by atoms with Gasteiger partial charge in [-0.1, -0.05) is 0 Å². The van der Waals surface area contributed by atoms with Gasteiger partial charge in [0, 0.05) is 0 Å². The topological polar surface area (TPSA) is 189 Å². The summed E-state index contributed by atoms with van der Waals surface area (Å²) in [5.74, 6) is 0. The van der Waals surface area contributed by atoms with E-state index in [-0.39, 0.29) is 144 Å². The van der Waals surface area contributed by atoms with Crippen LogP contribution in [0.5, 0.6) is 0 Å². The van der Waals surface area contributed by atoms with Crippen LogP contribution in [-0.2, 0) is 0 Å². The first kappa shape index (κ1) is 201. The summed E-state index contributed by atoms with van der Waals surface area (Å²) in [7, 11) is 0. The van der Waals surface area contributed by atoms with Crippen LogP contribution in [-0.4, -0.2) is 116 Å². The molecule has 0 unspecified atom stereocenters. The molecule has 0 radical (unpaired) electrons. The van der Waals surface area contributed by atoms with Gasteiger partial charge in [-0.2, -0.15) is 0 Å². The average molecular weight is 309 g/mol. The Morgan fingerprint density at radius 3 is 0.500 bits per heavy atom. The fraction of sp³-hybridized carbons (Fsp3) is 0. The SMILES string of the molecule is O.O.O.O.O.O.[Ca+2].[Cl-].[Cl-].[H-].[H-].[Sr+2]. The summed E-state index contributed by atoms with van der Waals surface area (Å²) < 4.78 is 0. The van der Waals surface area contributed by atoms with E-state index in [2.05, 4.69) is 0 Å². The zero-order valence-corrected chi connectivity index (χ0v) is 12.4. The molecule has 0 aromatic carbocycles. The van der Waals surface area contributed by atoms with Crippen molar-refractivity contribution in [3.63, 3.8) is 0 Å². The third kappa shape index (κ3) is 119. The Morgan fingerprint density at radius 1 is 0.500 bits per heavy atom. The van der Waals surface area contributed by atoms with Crippen LogP contribution >= 0.6 is 0 Å². The molecule has 0 aliphatic rings. The van der Waals surface area contributed by atoms with Gasteiger partial charge in [0.05, 0.1) is 0 Å². The molecule has 10 heteroatoms. The van der Waals surface area contributed by atoms with Crippen LogP contribution in [0.1, 0.15) is 2.85 Å². The molecule has 0 spiro atoms. The van der Waals surface area contributed by atoms with Gasteiger partial charge in [0.2, 0.25) is 0 Å². The van der Waals surface area contributed by atoms with Gasteiger partial charge >= 0.3 is 83.2 Å². The van der Waals surface area contributed by atoms with E-state index in [1.165, 1.54) is 0 Å².